The molecule has 0 unspecified atom stereocenters. The predicted molar refractivity (Wildman–Crippen MR) is 156 cm³/mol. The number of carbonyl (C=O) groups excluding carboxylic acids is 2. The van der Waals surface area contributed by atoms with Gasteiger partial charge in [-0.25, -0.2) is 0 Å². The molecule has 0 fully saturated rings. The summed E-state index contributed by atoms with van der Waals surface area (Å²) in [5.41, 5.74) is 9.04. The molecule has 0 aliphatic heterocycles. The molecule has 1 atom stereocenters. The summed E-state index contributed by atoms with van der Waals surface area (Å²) in [4.78, 5) is 25.6. The van der Waals surface area contributed by atoms with Gasteiger partial charge in [0.2, 0.25) is 5.91 Å². The lowest BCUT2D eigenvalue weighted by atomic mass is 10.0. The van der Waals surface area contributed by atoms with Crippen LogP contribution in [0, 0.1) is 0 Å². The van der Waals surface area contributed by atoms with Crippen molar-refractivity contribution >= 4 is 22.6 Å². The van der Waals surface area contributed by atoms with Crippen molar-refractivity contribution in [1.29, 1.82) is 0 Å². The molecule has 5 aromatic carbocycles. The van der Waals surface area contributed by atoms with E-state index in [-0.39, 0.29) is 12.3 Å². The molecule has 0 aromatic heterocycles. The molecule has 0 heterocycles. The van der Waals surface area contributed by atoms with Crippen LogP contribution < -0.4 is 20.5 Å². The first-order valence-electron chi connectivity index (χ1n) is 13.1. The number of nitrogens with one attached hydrogen (secondary N) is 1. The second kappa shape index (κ2) is 12.6. The Bertz CT molecular complexity index is 1600. The van der Waals surface area contributed by atoms with Crippen molar-refractivity contribution in [3.8, 4) is 11.5 Å². The number of nitrogens with two attached hydrogens (primary N) is 1. The first-order chi connectivity index (χ1) is 19.6. The van der Waals surface area contributed by atoms with Gasteiger partial charge >= 0.3 is 0 Å². The Kier molecular flexibility index (Phi) is 8.37. The van der Waals surface area contributed by atoms with E-state index in [0.717, 1.165) is 27.5 Å². The maximum atomic E-state index is 13.2. The second-order valence-corrected chi connectivity index (χ2v) is 9.49. The first-order valence-corrected chi connectivity index (χ1v) is 13.1. The van der Waals surface area contributed by atoms with Crippen LogP contribution >= 0.6 is 0 Å². The average Bonchev–Trinajstić information content (AvgIpc) is 2.99. The van der Waals surface area contributed by atoms with Gasteiger partial charge in [-0.2, -0.15) is 0 Å². The van der Waals surface area contributed by atoms with E-state index in [1.165, 1.54) is 0 Å². The van der Waals surface area contributed by atoms with Crippen LogP contribution in [0.5, 0.6) is 11.5 Å². The third-order valence-corrected chi connectivity index (χ3v) is 6.61. The molecular weight excluding hydrogens is 500 g/mol. The van der Waals surface area contributed by atoms with E-state index < -0.39 is 11.9 Å². The SMILES string of the molecule is NC(=O)[C@H](Cc1ccc(OCc2ccccc2)c(OCc2ccccc2)c1)NC(=O)c1cccc2ccccc12. The van der Waals surface area contributed by atoms with Crippen molar-refractivity contribution in [1.82, 2.24) is 5.32 Å². The van der Waals surface area contributed by atoms with E-state index >= 15 is 0 Å². The van der Waals surface area contributed by atoms with E-state index in [9.17, 15) is 9.59 Å². The van der Waals surface area contributed by atoms with Crippen molar-refractivity contribution in [3.05, 3.63) is 144 Å². The third-order valence-electron chi connectivity index (χ3n) is 6.61. The standard InChI is InChI=1S/C34H30N2O4/c35-33(37)30(36-34(38)29-17-9-15-27-14-7-8-16-28(27)29)20-26-18-19-31(39-22-24-10-3-1-4-11-24)32(21-26)40-23-25-12-5-2-6-13-25/h1-19,21,30H,20,22-23H2,(H2,35,37)(H,36,38)/t30-/m0/s1. The van der Waals surface area contributed by atoms with Crippen LogP contribution in [0.2, 0.25) is 0 Å². The molecule has 0 aliphatic rings. The van der Waals surface area contributed by atoms with Crippen LogP contribution in [0.25, 0.3) is 10.8 Å². The van der Waals surface area contributed by atoms with Gasteiger partial charge in [0.25, 0.3) is 5.91 Å². The minimum absolute atomic E-state index is 0.201. The molecule has 5 rings (SSSR count). The number of benzene rings is 5. The molecule has 0 aliphatic carbocycles. The Morgan fingerprint density at radius 2 is 1.25 bits per heavy atom. The highest BCUT2D eigenvalue weighted by molar-refractivity contribution is 6.08. The topological polar surface area (TPSA) is 90.7 Å². The molecule has 3 N–H and O–H groups in total. The highest BCUT2D eigenvalue weighted by atomic mass is 16.5. The Morgan fingerprint density at radius 1 is 0.650 bits per heavy atom. The molecule has 6 heteroatoms. The maximum absolute atomic E-state index is 13.2. The highest BCUT2D eigenvalue weighted by Gasteiger charge is 2.21. The number of carbonyl (C=O) groups is 2. The van der Waals surface area contributed by atoms with Gasteiger partial charge in [0.1, 0.15) is 19.3 Å². The molecule has 0 radical (unpaired) electrons. The smallest absolute Gasteiger partial charge is 0.252 e. The van der Waals surface area contributed by atoms with E-state index in [0.29, 0.717) is 30.3 Å². The largest absolute Gasteiger partial charge is 0.485 e. The van der Waals surface area contributed by atoms with Crippen LogP contribution in [0.1, 0.15) is 27.0 Å². The molecule has 40 heavy (non-hydrogen) atoms. The van der Waals surface area contributed by atoms with Crippen molar-refractivity contribution < 1.29 is 19.1 Å². The molecular formula is C34H30N2O4. The van der Waals surface area contributed by atoms with Crippen molar-refractivity contribution in [2.45, 2.75) is 25.7 Å². The monoisotopic (exact) mass is 530 g/mol. The highest BCUT2D eigenvalue weighted by Crippen LogP contribution is 2.31. The van der Waals surface area contributed by atoms with E-state index in [2.05, 4.69) is 5.32 Å². The summed E-state index contributed by atoms with van der Waals surface area (Å²) in [7, 11) is 0. The molecule has 200 valence electrons. The zero-order valence-corrected chi connectivity index (χ0v) is 22.0. The number of hydrogen-bond donors (Lipinski definition) is 2. The minimum Gasteiger partial charge on any atom is -0.485 e. The van der Waals surface area contributed by atoms with E-state index in [1.807, 2.05) is 115 Å². The normalized spacial score (nSPS) is 11.5. The third kappa shape index (κ3) is 6.66. The van der Waals surface area contributed by atoms with Gasteiger partial charge in [-0.15, -0.1) is 0 Å². The molecule has 0 spiro atoms. The number of primary amides is 1. The second-order valence-electron chi connectivity index (χ2n) is 9.49. The number of fused-ring (bicyclic) bond motifs is 1. The summed E-state index contributed by atoms with van der Waals surface area (Å²) in [6.45, 7) is 0.732. The van der Waals surface area contributed by atoms with Gasteiger partial charge < -0.3 is 20.5 Å². The lowest BCUT2D eigenvalue weighted by Crippen LogP contribution is -2.45. The van der Waals surface area contributed by atoms with E-state index in [1.54, 1.807) is 6.07 Å². The number of ether oxygens (including phenoxy) is 2. The first kappa shape index (κ1) is 26.5. The van der Waals surface area contributed by atoms with Crippen molar-refractivity contribution in [2.75, 3.05) is 0 Å². The number of amides is 2. The molecule has 0 bridgehead atoms. The lowest BCUT2D eigenvalue weighted by Gasteiger charge is -2.18. The predicted octanol–water partition coefficient (Wildman–Crippen LogP) is 5.82. The van der Waals surface area contributed by atoms with E-state index in [4.69, 9.17) is 15.2 Å². The fraction of sp³-hybridized carbons (Fsp3) is 0.118. The molecule has 0 saturated carbocycles. The Labute approximate surface area is 233 Å². The summed E-state index contributed by atoms with van der Waals surface area (Å²) < 4.78 is 12.3. The lowest BCUT2D eigenvalue weighted by molar-refractivity contribution is -0.119. The van der Waals surface area contributed by atoms with Crippen LogP contribution in [0.15, 0.2) is 121 Å². The maximum Gasteiger partial charge on any atom is 0.252 e. The Hall–Kier alpha value is -5.10. The van der Waals surface area contributed by atoms with Crippen LogP contribution in [0.3, 0.4) is 0 Å². The number of rotatable bonds is 11. The van der Waals surface area contributed by atoms with Gasteiger partial charge in [0.15, 0.2) is 11.5 Å². The fourth-order valence-corrected chi connectivity index (χ4v) is 4.50. The molecule has 2 amide bonds. The van der Waals surface area contributed by atoms with Gasteiger partial charge in [-0.05, 0) is 45.7 Å². The molecule has 5 aromatic rings. The summed E-state index contributed by atoms with van der Waals surface area (Å²) in [5.74, 6) is 0.147. The zero-order valence-electron chi connectivity index (χ0n) is 22.0. The average molecular weight is 531 g/mol. The Morgan fingerprint density at radius 3 is 1.93 bits per heavy atom. The van der Waals surface area contributed by atoms with Crippen LogP contribution in [-0.4, -0.2) is 17.9 Å². The van der Waals surface area contributed by atoms with Gasteiger partial charge in [0, 0.05) is 12.0 Å². The van der Waals surface area contributed by atoms with Crippen LogP contribution in [0.4, 0.5) is 0 Å². The summed E-state index contributed by atoms with van der Waals surface area (Å²) >= 11 is 0. The van der Waals surface area contributed by atoms with Gasteiger partial charge in [-0.3, -0.25) is 9.59 Å². The van der Waals surface area contributed by atoms with Crippen molar-refractivity contribution in [3.63, 3.8) is 0 Å². The molecule has 6 nitrogen and oxygen atoms in total. The van der Waals surface area contributed by atoms with Gasteiger partial charge in [-0.1, -0.05) is 103 Å². The summed E-state index contributed by atoms with van der Waals surface area (Å²) in [6.07, 6.45) is 0.201. The minimum atomic E-state index is -0.912. The zero-order chi connectivity index (χ0) is 27.7. The van der Waals surface area contributed by atoms with Crippen molar-refractivity contribution in [2.24, 2.45) is 5.73 Å². The molecule has 0 saturated heterocycles. The fourth-order valence-electron chi connectivity index (χ4n) is 4.50. The number of hydrogen-bond acceptors (Lipinski definition) is 4. The van der Waals surface area contributed by atoms with Crippen LogP contribution in [-0.2, 0) is 24.4 Å². The summed E-state index contributed by atoms with van der Waals surface area (Å²) in [5, 5.41) is 4.58. The summed E-state index contributed by atoms with van der Waals surface area (Å²) in [6, 6.07) is 37.4. The Balaban J connectivity index is 1.35. The quantitative estimate of drug-likeness (QED) is 0.225. The van der Waals surface area contributed by atoms with Gasteiger partial charge in [0.05, 0.1) is 0 Å².